The van der Waals surface area contributed by atoms with Gasteiger partial charge in [0.1, 0.15) is 18.0 Å². The molecule has 1 fully saturated rings. The number of aromatic nitrogens is 2. The van der Waals surface area contributed by atoms with Crippen LogP contribution in [0.15, 0.2) is 10.9 Å². The van der Waals surface area contributed by atoms with Crippen molar-refractivity contribution in [3.63, 3.8) is 0 Å². The highest BCUT2D eigenvalue weighted by molar-refractivity contribution is 6.32. The van der Waals surface area contributed by atoms with E-state index in [2.05, 4.69) is 10.9 Å². The number of rotatable bonds is 2. The van der Waals surface area contributed by atoms with Crippen molar-refractivity contribution in [3.8, 4) is 11.3 Å². The maximum Gasteiger partial charge on any atom is 0.351 e. The fourth-order valence-electron chi connectivity index (χ4n) is 2.15. The van der Waals surface area contributed by atoms with Crippen LogP contribution in [0.4, 0.5) is 5.82 Å². The zero-order chi connectivity index (χ0) is 17.6. The molecule has 4 atom stereocenters. The molecule has 0 saturated carbocycles. The molecule has 1 aliphatic heterocycles. The molecular formula is C12H13Cl2N3O4. The summed E-state index contributed by atoms with van der Waals surface area (Å²) in [6.07, 6.45) is -4.98. The molecule has 0 spiro atoms. The van der Waals surface area contributed by atoms with E-state index in [-0.39, 0.29) is 5.82 Å². The van der Waals surface area contributed by atoms with Gasteiger partial charge in [-0.1, -0.05) is 17.5 Å². The lowest BCUT2D eigenvalue weighted by Crippen LogP contribution is -2.44. The fraction of sp³-hybridized carbons (Fsp3) is 0.500. The van der Waals surface area contributed by atoms with Gasteiger partial charge in [0.25, 0.3) is 0 Å². The molecule has 0 amide bonds. The van der Waals surface area contributed by atoms with Gasteiger partial charge in [-0.25, -0.2) is 4.79 Å². The van der Waals surface area contributed by atoms with Crippen molar-refractivity contribution in [3.05, 3.63) is 22.2 Å². The number of nitrogens with two attached hydrogens (primary N) is 1. The predicted molar refractivity (Wildman–Crippen MR) is 76.9 cm³/mol. The van der Waals surface area contributed by atoms with Gasteiger partial charge in [0, 0.05) is 11.1 Å². The van der Waals surface area contributed by atoms with E-state index in [0.717, 1.165) is 4.57 Å². The SMILES string of the molecule is [2H]C([2H])(O)[C@H]1O[C@@H](n2c(C)cc(N)nc2=O)C(Cl)(C#CCl)[C@H]1O. The Balaban J connectivity index is 2.65. The summed E-state index contributed by atoms with van der Waals surface area (Å²) in [5.74, 6) is 2.27. The van der Waals surface area contributed by atoms with Crippen LogP contribution in [-0.2, 0) is 4.74 Å². The molecule has 2 heterocycles. The van der Waals surface area contributed by atoms with E-state index >= 15 is 0 Å². The number of halogens is 2. The lowest BCUT2D eigenvalue weighted by atomic mass is 9.99. The quantitative estimate of drug-likeness (QED) is 0.499. The standard InChI is InChI=1S/C12H13Cl2N3O4/c1-6-4-8(15)16-11(20)17(6)10-12(14,2-3-13)9(19)7(5-18)21-10/h4,7,9-10,18-19H,5H2,1H3,(H2,15,16,20)/t7-,9+,10-,12?/m1/s1/i5D2. The number of hydrogen-bond acceptors (Lipinski definition) is 6. The molecule has 2 rings (SSSR count). The highest BCUT2D eigenvalue weighted by atomic mass is 35.5. The number of alkyl halides is 1. The van der Waals surface area contributed by atoms with Crippen molar-refractivity contribution in [1.82, 2.24) is 9.55 Å². The summed E-state index contributed by atoms with van der Waals surface area (Å²) in [7, 11) is 0. The third-order valence-corrected chi connectivity index (χ3v) is 3.72. The van der Waals surface area contributed by atoms with E-state index in [1.807, 2.05) is 5.38 Å². The Hall–Kier alpha value is -1.30. The number of aliphatic hydroxyl groups is 2. The smallest absolute Gasteiger partial charge is 0.351 e. The van der Waals surface area contributed by atoms with Crippen LogP contribution in [0.5, 0.6) is 0 Å². The molecule has 7 nitrogen and oxygen atoms in total. The average molecular weight is 336 g/mol. The highest BCUT2D eigenvalue weighted by Crippen LogP contribution is 2.43. The Bertz CT molecular complexity index is 743. The molecule has 9 heteroatoms. The molecule has 21 heavy (non-hydrogen) atoms. The summed E-state index contributed by atoms with van der Waals surface area (Å²) in [5.41, 5.74) is 4.94. The molecule has 1 aromatic rings. The van der Waals surface area contributed by atoms with E-state index in [9.17, 15) is 15.0 Å². The van der Waals surface area contributed by atoms with E-state index in [0.29, 0.717) is 5.69 Å². The molecule has 114 valence electrons. The van der Waals surface area contributed by atoms with Crippen molar-refractivity contribution >= 4 is 29.0 Å². The molecule has 0 radical (unpaired) electrons. The maximum absolute atomic E-state index is 12.1. The number of anilines is 1. The zero-order valence-corrected chi connectivity index (χ0v) is 12.3. The lowest BCUT2D eigenvalue weighted by Gasteiger charge is -2.26. The van der Waals surface area contributed by atoms with Crippen LogP contribution in [0.25, 0.3) is 0 Å². The molecule has 0 bridgehead atoms. The molecule has 1 aliphatic rings. The third-order valence-electron chi connectivity index (χ3n) is 3.12. The Morgan fingerprint density at radius 1 is 1.76 bits per heavy atom. The van der Waals surface area contributed by atoms with Gasteiger partial charge in [-0.05, 0) is 24.6 Å². The maximum atomic E-state index is 12.1. The highest BCUT2D eigenvalue weighted by Gasteiger charge is 2.56. The second-order valence-corrected chi connectivity index (χ2v) is 5.26. The van der Waals surface area contributed by atoms with Gasteiger partial charge < -0.3 is 20.7 Å². The average Bonchev–Trinajstić information content (AvgIpc) is 2.63. The van der Waals surface area contributed by atoms with Crippen molar-refractivity contribution < 1.29 is 17.7 Å². The molecule has 0 aliphatic carbocycles. The first-order valence-electron chi connectivity index (χ1n) is 6.75. The third kappa shape index (κ3) is 2.61. The Morgan fingerprint density at radius 3 is 2.95 bits per heavy atom. The number of hydrogen-bond donors (Lipinski definition) is 3. The van der Waals surface area contributed by atoms with Gasteiger partial charge >= 0.3 is 5.69 Å². The predicted octanol–water partition coefficient (Wildman–Crippen LogP) is -0.438. The normalized spacial score (nSPS) is 33.9. The van der Waals surface area contributed by atoms with Gasteiger partial charge in [0.2, 0.25) is 0 Å². The second kappa shape index (κ2) is 5.83. The minimum atomic E-state index is -2.93. The number of aryl methyl sites for hydroxylation is 1. The number of nitrogens with zero attached hydrogens (tertiary/aromatic N) is 2. The largest absolute Gasteiger partial charge is 0.394 e. The summed E-state index contributed by atoms with van der Waals surface area (Å²) >= 11 is 11.6. The molecule has 0 aromatic carbocycles. The molecule has 1 aromatic heterocycles. The van der Waals surface area contributed by atoms with Crippen LogP contribution in [0.1, 0.15) is 14.7 Å². The van der Waals surface area contributed by atoms with Crippen LogP contribution in [0, 0.1) is 18.2 Å². The Morgan fingerprint density at radius 2 is 2.43 bits per heavy atom. The van der Waals surface area contributed by atoms with E-state index in [1.54, 1.807) is 0 Å². The van der Waals surface area contributed by atoms with E-state index < -0.39 is 35.6 Å². The van der Waals surface area contributed by atoms with Crippen LogP contribution in [0.2, 0.25) is 0 Å². The van der Waals surface area contributed by atoms with E-state index in [1.165, 1.54) is 13.0 Å². The van der Waals surface area contributed by atoms with Crippen LogP contribution >= 0.6 is 23.2 Å². The van der Waals surface area contributed by atoms with Gasteiger partial charge in [-0.3, -0.25) is 4.57 Å². The first-order valence-corrected chi connectivity index (χ1v) is 6.51. The van der Waals surface area contributed by atoms with Gasteiger partial charge in [-0.2, -0.15) is 4.98 Å². The topological polar surface area (TPSA) is 111 Å². The van der Waals surface area contributed by atoms with Gasteiger partial charge in [-0.15, -0.1) is 0 Å². The minimum absolute atomic E-state index is 0.0278. The van der Waals surface area contributed by atoms with Crippen molar-refractivity contribution in [1.29, 1.82) is 0 Å². The number of ether oxygens (including phenoxy) is 1. The fourth-order valence-corrected chi connectivity index (χ4v) is 2.67. The lowest BCUT2D eigenvalue weighted by molar-refractivity contribution is -0.0470. The minimum Gasteiger partial charge on any atom is -0.394 e. The summed E-state index contributed by atoms with van der Waals surface area (Å²) in [6, 6.07) is 1.36. The summed E-state index contributed by atoms with van der Waals surface area (Å²) in [4.78, 5) is 13.7. The van der Waals surface area contributed by atoms with Gasteiger partial charge in [0.05, 0.1) is 9.30 Å². The second-order valence-electron chi connectivity index (χ2n) is 4.45. The van der Waals surface area contributed by atoms with Crippen molar-refractivity contribution in [2.45, 2.75) is 30.2 Å². The Labute approximate surface area is 133 Å². The van der Waals surface area contributed by atoms with Crippen LogP contribution in [0.3, 0.4) is 0 Å². The van der Waals surface area contributed by atoms with E-state index in [4.69, 9.17) is 36.4 Å². The Kier molecular flexibility index (Phi) is 3.71. The van der Waals surface area contributed by atoms with Crippen LogP contribution < -0.4 is 11.4 Å². The first-order chi connectivity index (χ1) is 10.5. The number of nitrogen functional groups attached to an aromatic ring is 1. The summed E-state index contributed by atoms with van der Waals surface area (Å²) < 4.78 is 20.9. The van der Waals surface area contributed by atoms with Crippen LogP contribution in [-0.4, -0.2) is 43.4 Å². The van der Waals surface area contributed by atoms with Gasteiger partial charge in [0.15, 0.2) is 11.1 Å². The summed E-state index contributed by atoms with van der Waals surface area (Å²) in [5, 5.41) is 21.8. The molecule has 1 unspecified atom stereocenters. The van der Waals surface area contributed by atoms with Crippen molar-refractivity contribution in [2.24, 2.45) is 0 Å². The molecule has 4 N–H and O–H groups in total. The molecular weight excluding hydrogens is 321 g/mol. The first kappa shape index (κ1) is 13.4. The molecule has 1 saturated heterocycles. The monoisotopic (exact) mass is 335 g/mol. The van der Waals surface area contributed by atoms with Crippen molar-refractivity contribution in [2.75, 3.05) is 12.3 Å². The summed E-state index contributed by atoms with van der Waals surface area (Å²) in [6.45, 7) is -1.41. The number of aliphatic hydroxyl groups excluding tert-OH is 1. The zero-order valence-electron chi connectivity index (χ0n) is 12.7.